The van der Waals surface area contributed by atoms with E-state index in [4.69, 9.17) is 0 Å². The number of benzene rings is 2. The molecule has 1 amide bonds. The molecule has 2 aromatic carbocycles. The van der Waals surface area contributed by atoms with Gasteiger partial charge in [0, 0.05) is 0 Å². The van der Waals surface area contributed by atoms with Crippen molar-refractivity contribution >= 4 is 21.6 Å². The van der Waals surface area contributed by atoms with Gasteiger partial charge in [0.2, 0.25) is 15.9 Å². The molecule has 3 rings (SSSR count). The Bertz CT molecular complexity index is 1010. The van der Waals surface area contributed by atoms with Gasteiger partial charge in [0.15, 0.2) is 0 Å². The van der Waals surface area contributed by atoms with E-state index >= 15 is 0 Å². The second kappa shape index (κ2) is 8.57. The molecule has 0 aromatic heterocycles. The number of amides is 1. The van der Waals surface area contributed by atoms with Gasteiger partial charge in [0.05, 0.1) is 18.0 Å². The Hall–Kier alpha value is -2.34. The smallest absolute Gasteiger partial charge is 0.241 e. The summed E-state index contributed by atoms with van der Waals surface area (Å²) in [6.45, 7) is 5.50. The largest absolute Gasteiger partial charge is 0.348 e. The van der Waals surface area contributed by atoms with Crippen molar-refractivity contribution in [3.8, 4) is 0 Å². The van der Waals surface area contributed by atoms with Crippen molar-refractivity contribution in [1.29, 1.82) is 0 Å². The number of hydrogen-bond donors (Lipinski definition) is 1. The maximum atomic E-state index is 12.7. The van der Waals surface area contributed by atoms with Gasteiger partial charge in [-0.3, -0.25) is 9.10 Å². The molecule has 0 fully saturated rings. The van der Waals surface area contributed by atoms with E-state index in [0.717, 1.165) is 35.8 Å². The van der Waals surface area contributed by atoms with Crippen molar-refractivity contribution in [3.05, 3.63) is 64.2 Å². The van der Waals surface area contributed by atoms with Gasteiger partial charge in [-0.2, -0.15) is 0 Å². The molecule has 0 heterocycles. The quantitative estimate of drug-likeness (QED) is 0.781. The van der Waals surface area contributed by atoms with Crippen molar-refractivity contribution in [2.45, 2.75) is 52.5 Å². The van der Waals surface area contributed by atoms with Crippen LogP contribution in [0.15, 0.2) is 36.4 Å². The SMILES string of the molecule is Cc1cccc(N(CC(=O)N[C@@H](C)c2ccc3c(c2)CCCC3)S(C)(=O)=O)c1C. The monoisotopic (exact) mass is 414 g/mol. The van der Waals surface area contributed by atoms with Crippen molar-refractivity contribution in [3.63, 3.8) is 0 Å². The van der Waals surface area contributed by atoms with Crippen LogP contribution in [0, 0.1) is 13.8 Å². The van der Waals surface area contributed by atoms with Gasteiger partial charge in [0.1, 0.15) is 6.54 Å². The van der Waals surface area contributed by atoms with Crippen LogP contribution in [0.2, 0.25) is 0 Å². The number of carbonyl (C=O) groups excluding carboxylic acids is 1. The predicted molar refractivity (Wildman–Crippen MR) is 118 cm³/mol. The molecule has 0 radical (unpaired) electrons. The third-order valence-electron chi connectivity index (χ3n) is 5.78. The van der Waals surface area contributed by atoms with Gasteiger partial charge < -0.3 is 5.32 Å². The summed E-state index contributed by atoms with van der Waals surface area (Å²) in [5.74, 6) is -0.318. The zero-order chi connectivity index (χ0) is 21.2. The van der Waals surface area contributed by atoms with Gasteiger partial charge in [0.25, 0.3) is 0 Å². The van der Waals surface area contributed by atoms with Crippen LogP contribution < -0.4 is 9.62 Å². The number of fused-ring (bicyclic) bond motifs is 1. The highest BCUT2D eigenvalue weighted by atomic mass is 32.2. The van der Waals surface area contributed by atoms with E-state index in [1.165, 1.54) is 28.3 Å². The Morgan fingerprint density at radius 2 is 1.79 bits per heavy atom. The van der Waals surface area contributed by atoms with Gasteiger partial charge >= 0.3 is 0 Å². The van der Waals surface area contributed by atoms with E-state index in [-0.39, 0.29) is 18.5 Å². The number of aryl methyl sites for hydroxylation is 3. The van der Waals surface area contributed by atoms with Crippen LogP contribution in [0.3, 0.4) is 0 Å². The Morgan fingerprint density at radius 1 is 1.10 bits per heavy atom. The first-order chi connectivity index (χ1) is 13.7. The Balaban J connectivity index is 1.76. The first-order valence-corrected chi connectivity index (χ1v) is 12.0. The summed E-state index contributed by atoms with van der Waals surface area (Å²) in [6.07, 6.45) is 5.78. The molecule has 0 saturated carbocycles. The molecule has 6 heteroatoms. The van der Waals surface area contributed by atoms with E-state index in [0.29, 0.717) is 5.69 Å². The average molecular weight is 415 g/mol. The molecule has 0 unspecified atom stereocenters. The molecular weight excluding hydrogens is 384 g/mol. The zero-order valence-corrected chi connectivity index (χ0v) is 18.5. The average Bonchev–Trinajstić information content (AvgIpc) is 2.67. The third-order valence-corrected chi connectivity index (χ3v) is 6.91. The normalized spacial score (nSPS) is 14.8. The van der Waals surface area contributed by atoms with Gasteiger partial charge in [-0.25, -0.2) is 8.42 Å². The predicted octanol–water partition coefficient (Wildman–Crippen LogP) is 3.83. The van der Waals surface area contributed by atoms with Crippen LogP contribution in [0.25, 0.3) is 0 Å². The number of anilines is 1. The van der Waals surface area contributed by atoms with Crippen LogP contribution in [0.1, 0.15) is 53.6 Å². The van der Waals surface area contributed by atoms with E-state index in [2.05, 4.69) is 23.5 Å². The minimum absolute atomic E-state index is 0.185. The van der Waals surface area contributed by atoms with Crippen LogP contribution >= 0.6 is 0 Å². The van der Waals surface area contributed by atoms with Crippen molar-refractivity contribution in [2.75, 3.05) is 17.1 Å². The van der Waals surface area contributed by atoms with Gasteiger partial charge in [-0.1, -0.05) is 30.3 Å². The molecule has 0 bridgehead atoms. The van der Waals surface area contributed by atoms with E-state index in [9.17, 15) is 13.2 Å². The van der Waals surface area contributed by atoms with Crippen LogP contribution in [-0.4, -0.2) is 27.1 Å². The lowest BCUT2D eigenvalue weighted by molar-refractivity contribution is -0.120. The highest BCUT2D eigenvalue weighted by molar-refractivity contribution is 7.92. The van der Waals surface area contributed by atoms with Crippen LogP contribution in [0.5, 0.6) is 0 Å². The standard InChI is InChI=1S/C23H30N2O3S/c1-16-8-7-11-22(17(16)2)25(29(4,27)28)15-23(26)24-18(3)20-13-12-19-9-5-6-10-21(19)14-20/h7-8,11-14,18H,5-6,9-10,15H2,1-4H3,(H,24,26)/t18-/m0/s1. The summed E-state index contributed by atoms with van der Waals surface area (Å²) < 4.78 is 26.0. The second-order valence-corrected chi connectivity index (χ2v) is 9.92. The molecule has 0 spiro atoms. The lowest BCUT2D eigenvalue weighted by Gasteiger charge is -2.25. The fourth-order valence-corrected chi connectivity index (χ4v) is 4.82. The number of nitrogens with zero attached hydrogens (tertiary/aromatic N) is 1. The molecule has 0 saturated heterocycles. The maximum absolute atomic E-state index is 12.7. The highest BCUT2D eigenvalue weighted by Gasteiger charge is 2.24. The molecule has 156 valence electrons. The lowest BCUT2D eigenvalue weighted by atomic mass is 9.89. The molecular formula is C23H30N2O3S. The number of nitrogens with one attached hydrogen (secondary N) is 1. The van der Waals surface area contributed by atoms with Crippen molar-refractivity contribution < 1.29 is 13.2 Å². The van der Waals surface area contributed by atoms with Crippen molar-refractivity contribution in [2.24, 2.45) is 0 Å². The third kappa shape index (κ3) is 4.99. The second-order valence-electron chi connectivity index (χ2n) is 8.01. The molecule has 0 aliphatic heterocycles. The lowest BCUT2D eigenvalue weighted by Crippen LogP contribution is -2.41. The topological polar surface area (TPSA) is 66.5 Å². The fourth-order valence-electron chi connectivity index (χ4n) is 3.91. The van der Waals surface area contributed by atoms with Crippen LogP contribution in [-0.2, 0) is 27.7 Å². The summed E-state index contributed by atoms with van der Waals surface area (Å²) in [6, 6.07) is 11.7. The summed E-state index contributed by atoms with van der Waals surface area (Å²) >= 11 is 0. The first-order valence-electron chi connectivity index (χ1n) is 10.1. The fraction of sp³-hybridized carbons (Fsp3) is 0.435. The summed E-state index contributed by atoms with van der Waals surface area (Å²) in [4.78, 5) is 12.7. The summed E-state index contributed by atoms with van der Waals surface area (Å²) in [5, 5.41) is 2.96. The molecule has 1 aliphatic carbocycles. The highest BCUT2D eigenvalue weighted by Crippen LogP contribution is 2.26. The molecule has 1 atom stereocenters. The van der Waals surface area contributed by atoms with Gasteiger partial charge in [-0.15, -0.1) is 0 Å². The minimum atomic E-state index is -3.59. The van der Waals surface area contributed by atoms with E-state index < -0.39 is 10.0 Å². The van der Waals surface area contributed by atoms with E-state index in [1.54, 1.807) is 6.07 Å². The Labute approximate surface area is 174 Å². The maximum Gasteiger partial charge on any atom is 0.241 e. The number of sulfonamides is 1. The zero-order valence-electron chi connectivity index (χ0n) is 17.7. The minimum Gasteiger partial charge on any atom is -0.348 e. The Kier molecular flexibility index (Phi) is 6.32. The number of rotatable bonds is 6. The van der Waals surface area contributed by atoms with Crippen LogP contribution in [0.4, 0.5) is 5.69 Å². The molecule has 5 nitrogen and oxygen atoms in total. The van der Waals surface area contributed by atoms with Crippen molar-refractivity contribution in [1.82, 2.24) is 5.32 Å². The summed E-state index contributed by atoms with van der Waals surface area (Å²) in [7, 11) is -3.59. The first kappa shape index (κ1) is 21.4. The van der Waals surface area contributed by atoms with Gasteiger partial charge in [-0.05, 0) is 80.3 Å². The molecule has 1 N–H and O–H groups in total. The number of carbonyl (C=O) groups is 1. The Morgan fingerprint density at radius 3 is 2.48 bits per heavy atom. The molecule has 2 aromatic rings. The molecule has 1 aliphatic rings. The van der Waals surface area contributed by atoms with E-state index in [1.807, 2.05) is 32.9 Å². The summed E-state index contributed by atoms with van der Waals surface area (Å²) in [5.41, 5.74) is 6.20. The molecule has 29 heavy (non-hydrogen) atoms. The number of hydrogen-bond acceptors (Lipinski definition) is 3.